The zero-order valence-corrected chi connectivity index (χ0v) is 15.4. The number of rotatable bonds is 7. The minimum Gasteiger partial charge on any atom is -0.341 e. The molecule has 1 atom stereocenters. The number of carbonyl (C=O) groups is 1. The Bertz CT molecular complexity index is 956. The van der Waals surface area contributed by atoms with Crippen molar-refractivity contribution < 1.29 is 10.0 Å². The third-order valence-electron chi connectivity index (χ3n) is 4.46. The molecule has 0 fully saturated rings. The highest BCUT2D eigenvalue weighted by Gasteiger charge is 2.24. The van der Waals surface area contributed by atoms with E-state index in [-0.39, 0.29) is 12.0 Å². The van der Waals surface area contributed by atoms with Crippen molar-refractivity contribution in [1.82, 2.24) is 25.0 Å². The van der Waals surface area contributed by atoms with Gasteiger partial charge < -0.3 is 10.3 Å². The molecule has 1 aromatic carbocycles. The fraction of sp³-hybridized carbons (Fsp3) is 0.316. The number of benzene rings is 1. The Hall–Kier alpha value is -2.97. The maximum absolute atomic E-state index is 11.2. The maximum Gasteiger partial charge on any atom is 0.267 e. The number of hydrogen-bond donors (Lipinski definition) is 3. The van der Waals surface area contributed by atoms with Crippen LogP contribution >= 0.6 is 0 Å². The molecule has 142 valence electrons. The van der Waals surface area contributed by atoms with Crippen molar-refractivity contribution in [3.63, 3.8) is 0 Å². The monoisotopic (exact) mass is 368 g/mol. The van der Waals surface area contributed by atoms with Gasteiger partial charge in [-0.2, -0.15) is 0 Å². The lowest BCUT2D eigenvalue weighted by molar-refractivity contribution is -0.124. The third kappa shape index (κ3) is 3.91. The van der Waals surface area contributed by atoms with Crippen molar-refractivity contribution in [1.29, 1.82) is 0 Å². The molecule has 1 amide bonds. The molecule has 3 rings (SSSR count). The number of amides is 1. The van der Waals surface area contributed by atoms with E-state index in [0.717, 1.165) is 16.6 Å². The quantitative estimate of drug-likeness (QED) is 0.335. The first-order valence-corrected chi connectivity index (χ1v) is 8.87. The molecule has 3 aromatic rings. The summed E-state index contributed by atoms with van der Waals surface area (Å²) in [6, 6.07) is 10.4. The molecule has 0 bridgehead atoms. The molecule has 0 saturated carbocycles. The van der Waals surface area contributed by atoms with Crippen LogP contribution in [-0.4, -0.2) is 37.2 Å². The van der Waals surface area contributed by atoms with Gasteiger partial charge in [-0.05, 0) is 29.5 Å². The van der Waals surface area contributed by atoms with Crippen LogP contribution in [0.3, 0.4) is 0 Å². The SMILES string of the molecule is CC(C)C(c1cc2ccccc2n1CCN)n1cc(/C=C/C(=O)NO)nn1. The van der Waals surface area contributed by atoms with E-state index in [9.17, 15) is 4.79 Å². The van der Waals surface area contributed by atoms with Crippen LogP contribution in [0.1, 0.15) is 31.3 Å². The van der Waals surface area contributed by atoms with Gasteiger partial charge in [0.05, 0.1) is 12.2 Å². The average Bonchev–Trinajstić information content (AvgIpc) is 3.26. The fourth-order valence-corrected chi connectivity index (χ4v) is 3.34. The largest absolute Gasteiger partial charge is 0.341 e. The molecule has 0 saturated heterocycles. The summed E-state index contributed by atoms with van der Waals surface area (Å²) < 4.78 is 4.04. The van der Waals surface area contributed by atoms with E-state index in [1.54, 1.807) is 11.7 Å². The molecule has 0 aliphatic heterocycles. The van der Waals surface area contributed by atoms with E-state index in [4.69, 9.17) is 10.9 Å². The highest BCUT2D eigenvalue weighted by molar-refractivity contribution is 5.90. The van der Waals surface area contributed by atoms with Gasteiger partial charge in [0.2, 0.25) is 0 Å². The molecule has 0 spiro atoms. The van der Waals surface area contributed by atoms with Gasteiger partial charge in [0.1, 0.15) is 5.69 Å². The van der Waals surface area contributed by atoms with Crippen molar-refractivity contribution in [2.45, 2.75) is 26.4 Å². The summed E-state index contributed by atoms with van der Waals surface area (Å²) in [6.45, 7) is 5.51. The van der Waals surface area contributed by atoms with E-state index in [1.165, 1.54) is 12.2 Å². The van der Waals surface area contributed by atoms with Crippen molar-refractivity contribution in [2.24, 2.45) is 11.7 Å². The van der Waals surface area contributed by atoms with E-state index in [2.05, 4.69) is 46.9 Å². The van der Waals surface area contributed by atoms with Crippen molar-refractivity contribution in [2.75, 3.05) is 6.54 Å². The predicted octanol–water partition coefficient (Wildman–Crippen LogP) is 1.96. The van der Waals surface area contributed by atoms with Crippen LogP contribution in [0.5, 0.6) is 0 Å². The van der Waals surface area contributed by atoms with Gasteiger partial charge in [0.15, 0.2) is 0 Å². The number of nitrogens with zero attached hydrogens (tertiary/aromatic N) is 4. The molecule has 8 nitrogen and oxygen atoms in total. The Kier molecular flexibility index (Phi) is 5.68. The lowest BCUT2D eigenvalue weighted by atomic mass is 10.0. The molecule has 0 aliphatic carbocycles. The highest BCUT2D eigenvalue weighted by Crippen LogP contribution is 2.31. The normalized spacial score (nSPS) is 12.9. The van der Waals surface area contributed by atoms with Gasteiger partial charge in [0, 0.05) is 30.4 Å². The number of para-hydroxylation sites is 1. The first-order chi connectivity index (χ1) is 13.0. The first kappa shape index (κ1) is 18.8. The molecule has 1 unspecified atom stereocenters. The van der Waals surface area contributed by atoms with E-state index in [0.29, 0.717) is 18.8 Å². The predicted molar refractivity (Wildman–Crippen MR) is 103 cm³/mol. The lowest BCUT2D eigenvalue weighted by Gasteiger charge is -2.23. The molecular formula is C19H24N6O2. The van der Waals surface area contributed by atoms with Crippen molar-refractivity contribution in [3.8, 4) is 0 Å². The van der Waals surface area contributed by atoms with Crippen molar-refractivity contribution in [3.05, 3.63) is 54.0 Å². The Morgan fingerprint density at radius 3 is 2.85 bits per heavy atom. The maximum atomic E-state index is 11.2. The fourth-order valence-electron chi connectivity index (χ4n) is 3.34. The second-order valence-electron chi connectivity index (χ2n) is 6.69. The third-order valence-corrected chi connectivity index (χ3v) is 4.46. The average molecular weight is 368 g/mol. The number of fused-ring (bicyclic) bond motifs is 1. The minimum atomic E-state index is -0.618. The zero-order valence-electron chi connectivity index (χ0n) is 15.4. The minimum absolute atomic E-state index is 0.0368. The van der Waals surface area contributed by atoms with Crippen LogP contribution in [0.4, 0.5) is 0 Å². The number of nitrogens with one attached hydrogen (secondary N) is 1. The summed E-state index contributed by atoms with van der Waals surface area (Å²) in [4.78, 5) is 11.2. The summed E-state index contributed by atoms with van der Waals surface area (Å²) in [5.74, 6) is -0.363. The Morgan fingerprint density at radius 1 is 1.37 bits per heavy atom. The van der Waals surface area contributed by atoms with Gasteiger partial charge in [-0.3, -0.25) is 10.0 Å². The molecule has 27 heavy (non-hydrogen) atoms. The van der Waals surface area contributed by atoms with Crippen LogP contribution in [0.25, 0.3) is 17.0 Å². The van der Waals surface area contributed by atoms with Gasteiger partial charge in [-0.25, -0.2) is 10.2 Å². The van der Waals surface area contributed by atoms with Gasteiger partial charge in [-0.15, -0.1) is 5.10 Å². The van der Waals surface area contributed by atoms with Crippen LogP contribution < -0.4 is 11.2 Å². The Labute approximate surface area is 157 Å². The first-order valence-electron chi connectivity index (χ1n) is 8.87. The smallest absolute Gasteiger partial charge is 0.267 e. The second-order valence-corrected chi connectivity index (χ2v) is 6.69. The van der Waals surface area contributed by atoms with Gasteiger partial charge in [0.25, 0.3) is 5.91 Å². The lowest BCUT2D eigenvalue weighted by Crippen LogP contribution is -2.22. The molecule has 8 heteroatoms. The van der Waals surface area contributed by atoms with Crippen LogP contribution in [0.2, 0.25) is 0 Å². The summed E-state index contributed by atoms with van der Waals surface area (Å²) in [5.41, 5.74) is 10.2. The number of hydroxylamine groups is 1. The summed E-state index contributed by atoms with van der Waals surface area (Å²) in [7, 11) is 0. The Morgan fingerprint density at radius 2 is 2.15 bits per heavy atom. The van der Waals surface area contributed by atoms with E-state index >= 15 is 0 Å². The van der Waals surface area contributed by atoms with E-state index in [1.807, 2.05) is 16.8 Å². The van der Waals surface area contributed by atoms with E-state index < -0.39 is 5.91 Å². The van der Waals surface area contributed by atoms with Crippen molar-refractivity contribution >= 4 is 22.9 Å². The number of carbonyl (C=O) groups excluding carboxylic acids is 1. The number of aromatic nitrogens is 4. The second kappa shape index (κ2) is 8.15. The number of hydrogen-bond acceptors (Lipinski definition) is 5. The molecule has 0 aliphatic rings. The zero-order chi connectivity index (χ0) is 19.4. The molecule has 0 radical (unpaired) electrons. The number of nitrogens with two attached hydrogens (primary N) is 1. The standard InChI is InChI=1S/C19H24N6O2/c1-13(2)19(25-12-15(21-23-25)7-8-18(26)22-27)17-11-14-5-3-4-6-16(14)24(17)10-9-20/h3-8,11-13,19,27H,9-10,20H2,1-2H3,(H,22,26)/b8-7+. The van der Waals surface area contributed by atoms with Crippen LogP contribution in [0.15, 0.2) is 42.6 Å². The van der Waals surface area contributed by atoms with Crippen LogP contribution in [-0.2, 0) is 11.3 Å². The summed E-state index contributed by atoms with van der Waals surface area (Å²) >= 11 is 0. The topological polar surface area (TPSA) is 111 Å². The summed E-state index contributed by atoms with van der Waals surface area (Å²) in [5, 5.41) is 18.1. The molecular weight excluding hydrogens is 344 g/mol. The highest BCUT2D eigenvalue weighted by atomic mass is 16.5. The summed E-state index contributed by atoms with van der Waals surface area (Å²) in [6.07, 6.45) is 4.49. The molecule has 4 N–H and O–H groups in total. The molecule has 2 heterocycles. The van der Waals surface area contributed by atoms with Gasteiger partial charge >= 0.3 is 0 Å². The van der Waals surface area contributed by atoms with Crippen LogP contribution in [0, 0.1) is 5.92 Å². The van der Waals surface area contributed by atoms with Gasteiger partial charge in [-0.1, -0.05) is 37.3 Å². The molecule has 2 aromatic heterocycles. The Balaban J connectivity index is 2.03.